The molecule has 29 heavy (non-hydrogen) atoms. The van der Waals surface area contributed by atoms with Crippen LogP contribution in [0.25, 0.3) is 11.4 Å². The number of rotatable bonds is 9. The molecule has 3 aromatic rings. The average molecular weight is 432 g/mol. The SMILES string of the molecule is C=CCn1c(SC(C)C(=O)Nc2nccs2)nnc1-c1ccc(OC)c(OC)c1. The number of carbonyl (C=O) groups excluding carboxylic acids is 1. The molecule has 0 saturated carbocycles. The highest BCUT2D eigenvalue weighted by Gasteiger charge is 2.21. The van der Waals surface area contributed by atoms with E-state index in [1.165, 1.54) is 23.1 Å². The Labute approximate surface area is 177 Å². The fourth-order valence-electron chi connectivity index (χ4n) is 2.56. The molecule has 8 nitrogen and oxygen atoms in total. The fraction of sp³-hybridized carbons (Fsp3) is 0.263. The van der Waals surface area contributed by atoms with Crippen LogP contribution in [-0.4, -0.2) is 45.1 Å². The van der Waals surface area contributed by atoms with E-state index in [1.807, 2.05) is 35.1 Å². The number of ether oxygens (including phenoxy) is 2. The highest BCUT2D eigenvalue weighted by Crippen LogP contribution is 2.33. The van der Waals surface area contributed by atoms with E-state index in [0.717, 1.165) is 5.56 Å². The van der Waals surface area contributed by atoms with Gasteiger partial charge in [-0.25, -0.2) is 4.98 Å². The Morgan fingerprint density at radius 3 is 2.79 bits per heavy atom. The lowest BCUT2D eigenvalue weighted by atomic mass is 10.2. The van der Waals surface area contributed by atoms with Gasteiger partial charge in [0.2, 0.25) is 5.91 Å². The van der Waals surface area contributed by atoms with E-state index < -0.39 is 0 Å². The van der Waals surface area contributed by atoms with Gasteiger partial charge >= 0.3 is 0 Å². The third-order valence-corrected chi connectivity index (χ3v) is 5.75. The van der Waals surface area contributed by atoms with E-state index in [-0.39, 0.29) is 11.2 Å². The van der Waals surface area contributed by atoms with Gasteiger partial charge in [0, 0.05) is 23.7 Å². The second kappa shape index (κ2) is 9.57. The number of amides is 1. The van der Waals surface area contributed by atoms with Gasteiger partial charge in [0.1, 0.15) is 0 Å². The molecule has 0 saturated heterocycles. The minimum absolute atomic E-state index is 0.147. The first-order valence-corrected chi connectivity index (χ1v) is 10.5. The van der Waals surface area contributed by atoms with Crippen LogP contribution in [0.3, 0.4) is 0 Å². The number of allylic oxidation sites excluding steroid dienone is 1. The van der Waals surface area contributed by atoms with E-state index in [1.54, 1.807) is 26.5 Å². The average Bonchev–Trinajstić information content (AvgIpc) is 3.38. The van der Waals surface area contributed by atoms with Crippen LogP contribution >= 0.6 is 23.1 Å². The molecular weight excluding hydrogens is 410 g/mol. The van der Waals surface area contributed by atoms with Crippen molar-refractivity contribution in [2.75, 3.05) is 19.5 Å². The standard InChI is InChI=1S/C19H21N5O3S2/c1-5-9-24-16(13-6-7-14(26-3)15(11-13)27-4)22-23-19(24)29-12(2)17(25)21-18-20-8-10-28-18/h5-8,10-12H,1,9H2,2-4H3,(H,20,21,25). The Morgan fingerprint density at radius 2 is 2.14 bits per heavy atom. The van der Waals surface area contributed by atoms with Crippen molar-refractivity contribution in [2.45, 2.75) is 23.9 Å². The van der Waals surface area contributed by atoms with E-state index in [0.29, 0.717) is 34.2 Å². The number of nitrogens with one attached hydrogen (secondary N) is 1. The van der Waals surface area contributed by atoms with Gasteiger partial charge in [0.05, 0.1) is 19.5 Å². The highest BCUT2D eigenvalue weighted by molar-refractivity contribution is 8.00. The Kier molecular flexibility index (Phi) is 6.89. The molecular formula is C19H21N5O3S2. The molecule has 2 aromatic heterocycles. The molecule has 0 bridgehead atoms. The summed E-state index contributed by atoms with van der Waals surface area (Å²) >= 11 is 2.70. The van der Waals surface area contributed by atoms with Gasteiger partial charge < -0.3 is 14.8 Å². The van der Waals surface area contributed by atoms with E-state index in [9.17, 15) is 4.79 Å². The quantitative estimate of drug-likeness (QED) is 0.408. The molecule has 0 spiro atoms. The first kappa shape index (κ1) is 20.9. The van der Waals surface area contributed by atoms with Crippen LogP contribution in [0.5, 0.6) is 11.5 Å². The predicted molar refractivity (Wildman–Crippen MR) is 115 cm³/mol. The lowest BCUT2D eigenvalue weighted by Crippen LogP contribution is -2.22. The summed E-state index contributed by atoms with van der Waals surface area (Å²) in [6, 6.07) is 5.55. The summed E-state index contributed by atoms with van der Waals surface area (Å²) in [6.45, 7) is 6.14. The molecule has 1 aromatic carbocycles. The molecule has 0 aliphatic heterocycles. The summed E-state index contributed by atoms with van der Waals surface area (Å²) in [6.07, 6.45) is 3.41. The Morgan fingerprint density at radius 1 is 1.34 bits per heavy atom. The van der Waals surface area contributed by atoms with Crippen molar-refractivity contribution >= 4 is 34.1 Å². The van der Waals surface area contributed by atoms with E-state index in [4.69, 9.17) is 9.47 Å². The number of thiazole rings is 1. The van der Waals surface area contributed by atoms with Crippen LogP contribution in [0, 0.1) is 0 Å². The number of nitrogens with zero attached hydrogens (tertiary/aromatic N) is 4. The lowest BCUT2D eigenvalue weighted by Gasteiger charge is -2.13. The van der Waals surface area contributed by atoms with Gasteiger partial charge in [-0.2, -0.15) is 0 Å². The van der Waals surface area contributed by atoms with Crippen molar-refractivity contribution < 1.29 is 14.3 Å². The van der Waals surface area contributed by atoms with Crippen molar-refractivity contribution in [1.29, 1.82) is 0 Å². The molecule has 152 valence electrons. The van der Waals surface area contributed by atoms with Crippen LogP contribution in [0.4, 0.5) is 5.13 Å². The van der Waals surface area contributed by atoms with Gasteiger partial charge in [0.15, 0.2) is 27.6 Å². The molecule has 3 rings (SSSR count). The smallest absolute Gasteiger partial charge is 0.239 e. The van der Waals surface area contributed by atoms with Gasteiger partial charge in [-0.1, -0.05) is 17.8 Å². The molecule has 1 amide bonds. The molecule has 0 aliphatic carbocycles. The molecule has 10 heteroatoms. The summed E-state index contributed by atoms with van der Waals surface area (Å²) in [4.78, 5) is 16.5. The zero-order chi connectivity index (χ0) is 20.8. The molecule has 1 atom stereocenters. The number of thioether (sulfide) groups is 1. The fourth-order valence-corrected chi connectivity index (χ4v) is 3.95. The minimum Gasteiger partial charge on any atom is -0.493 e. The Bertz CT molecular complexity index is 988. The van der Waals surface area contributed by atoms with Crippen LogP contribution < -0.4 is 14.8 Å². The van der Waals surface area contributed by atoms with Gasteiger partial charge in [-0.3, -0.25) is 9.36 Å². The van der Waals surface area contributed by atoms with Crippen LogP contribution in [0.2, 0.25) is 0 Å². The van der Waals surface area contributed by atoms with Crippen LogP contribution in [0.1, 0.15) is 6.92 Å². The molecule has 1 unspecified atom stereocenters. The largest absolute Gasteiger partial charge is 0.493 e. The second-order valence-corrected chi connectivity index (χ2v) is 8.06. The maximum absolute atomic E-state index is 12.4. The zero-order valence-corrected chi connectivity index (χ0v) is 17.9. The van der Waals surface area contributed by atoms with Crippen LogP contribution in [0.15, 0.2) is 47.6 Å². The van der Waals surface area contributed by atoms with Gasteiger partial charge in [0.25, 0.3) is 0 Å². The van der Waals surface area contributed by atoms with Gasteiger partial charge in [-0.15, -0.1) is 28.1 Å². The van der Waals surface area contributed by atoms with Crippen LogP contribution in [-0.2, 0) is 11.3 Å². The van der Waals surface area contributed by atoms with Gasteiger partial charge in [-0.05, 0) is 25.1 Å². The monoisotopic (exact) mass is 431 g/mol. The normalized spacial score (nSPS) is 11.7. The number of aromatic nitrogens is 4. The predicted octanol–water partition coefficient (Wildman–Crippen LogP) is 3.72. The molecule has 0 radical (unpaired) electrons. The van der Waals surface area contributed by atoms with Crippen molar-refractivity contribution in [3.8, 4) is 22.9 Å². The number of methoxy groups -OCH3 is 2. The molecule has 0 aliphatic rings. The summed E-state index contributed by atoms with van der Waals surface area (Å²) < 4.78 is 12.6. The summed E-state index contributed by atoms with van der Waals surface area (Å²) in [7, 11) is 3.17. The minimum atomic E-state index is -0.384. The van der Waals surface area contributed by atoms with Crippen molar-refractivity contribution in [3.63, 3.8) is 0 Å². The lowest BCUT2D eigenvalue weighted by molar-refractivity contribution is -0.115. The van der Waals surface area contributed by atoms with E-state index in [2.05, 4.69) is 27.1 Å². The third-order valence-electron chi connectivity index (χ3n) is 3.98. The first-order chi connectivity index (χ1) is 14.1. The number of hydrogen-bond donors (Lipinski definition) is 1. The Hall–Kier alpha value is -2.85. The number of hydrogen-bond acceptors (Lipinski definition) is 8. The van der Waals surface area contributed by atoms with Crippen molar-refractivity contribution in [3.05, 3.63) is 42.4 Å². The second-order valence-electron chi connectivity index (χ2n) is 5.86. The van der Waals surface area contributed by atoms with Crippen molar-refractivity contribution in [2.24, 2.45) is 0 Å². The molecule has 0 fully saturated rings. The molecule has 2 heterocycles. The summed E-state index contributed by atoms with van der Waals surface area (Å²) in [5.41, 5.74) is 0.823. The zero-order valence-electron chi connectivity index (χ0n) is 16.3. The summed E-state index contributed by atoms with van der Waals surface area (Å²) in [5.74, 6) is 1.74. The number of anilines is 1. The maximum atomic E-state index is 12.4. The Balaban J connectivity index is 1.85. The topological polar surface area (TPSA) is 91.2 Å². The first-order valence-electron chi connectivity index (χ1n) is 8.70. The number of carbonyl (C=O) groups is 1. The maximum Gasteiger partial charge on any atom is 0.239 e. The third kappa shape index (κ3) is 4.77. The summed E-state index contributed by atoms with van der Waals surface area (Å²) in [5, 5.41) is 14.0. The van der Waals surface area contributed by atoms with E-state index >= 15 is 0 Å². The highest BCUT2D eigenvalue weighted by atomic mass is 32.2. The van der Waals surface area contributed by atoms with Crippen molar-refractivity contribution in [1.82, 2.24) is 19.7 Å². The number of benzene rings is 1. The molecule has 1 N–H and O–H groups in total.